The second-order valence-corrected chi connectivity index (χ2v) is 5.94. The molecule has 1 heteroatoms. The van der Waals surface area contributed by atoms with Crippen molar-refractivity contribution in [2.45, 2.75) is 60.8 Å². The van der Waals surface area contributed by atoms with E-state index in [9.17, 15) is 4.79 Å². The molecular formula is C17H30O. The zero-order valence-electron chi connectivity index (χ0n) is 13.0. The van der Waals surface area contributed by atoms with Crippen molar-refractivity contribution in [3.63, 3.8) is 0 Å². The minimum absolute atomic E-state index is 0.0486. The first-order valence-corrected chi connectivity index (χ1v) is 7.20. The fraction of sp³-hybridized carbons (Fsp3) is 0.706. The van der Waals surface area contributed by atoms with Crippen molar-refractivity contribution < 1.29 is 4.79 Å². The summed E-state index contributed by atoms with van der Waals surface area (Å²) in [4.78, 5) is 12.0. The third-order valence-electron chi connectivity index (χ3n) is 3.21. The molecule has 0 radical (unpaired) electrons. The number of carbonyl (C=O) groups is 1. The molecule has 1 nitrogen and oxygen atoms in total. The molecule has 0 aromatic heterocycles. The van der Waals surface area contributed by atoms with E-state index in [-0.39, 0.29) is 5.92 Å². The Morgan fingerprint density at radius 1 is 1.17 bits per heavy atom. The van der Waals surface area contributed by atoms with E-state index in [0.29, 0.717) is 18.1 Å². The minimum atomic E-state index is 0.0486. The molecule has 0 aromatic rings. The van der Waals surface area contributed by atoms with Crippen LogP contribution in [0.5, 0.6) is 0 Å². The Morgan fingerprint density at radius 3 is 2.28 bits per heavy atom. The quantitative estimate of drug-likeness (QED) is 0.543. The summed E-state index contributed by atoms with van der Waals surface area (Å²) < 4.78 is 0. The van der Waals surface area contributed by atoms with Gasteiger partial charge in [0.25, 0.3) is 0 Å². The SMILES string of the molecule is C/C=C/C(C)=C/[C@@H](C)C(=O)CC[C@@H](C)CC(C)C. The number of rotatable bonds is 8. The number of hydrogen-bond acceptors (Lipinski definition) is 1. The first-order chi connectivity index (χ1) is 8.36. The van der Waals surface area contributed by atoms with Gasteiger partial charge in [-0.15, -0.1) is 0 Å². The fourth-order valence-corrected chi connectivity index (χ4v) is 2.34. The normalized spacial score (nSPS) is 16.3. The van der Waals surface area contributed by atoms with Crippen molar-refractivity contribution >= 4 is 5.78 Å². The molecule has 0 spiro atoms. The van der Waals surface area contributed by atoms with Crippen LogP contribution >= 0.6 is 0 Å². The lowest BCUT2D eigenvalue weighted by Crippen LogP contribution is -2.11. The summed E-state index contributed by atoms with van der Waals surface area (Å²) in [5.74, 6) is 1.80. The topological polar surface area (TPSA) is 17.1 Å². The number of hydrogen-bond donors (Lipinski definition) is 0. The molecular weight excluding hydrogens is 220 g/mol. The van der Waals surface area contributed by atoms with Gasteiger partial charge in [-0.2, -0.15) is 0 Å². The minimum Gasteiger partial charge on any atom is -0.299 e. The summed E-state index contributed by atoms with van der Waals surface area (Å²) in [6.45, 7) is 12.8. The molecule has 2 atom stereocenters. The third-order valence-corrected chi connectivity index (χ3v) is 3.21. The van der Waals surface area contributed by atoms with E-state index >= 15 is 0 Å². The van der Waals surface area contributed by atoms with Crippen LogP contribution in [0.2, 0.25) is 0 Å². The Hall–Kier alpha value is -0.850. The van der Waals surface area contributed by atoms with Gasteiger partial charge in [0.2, 0.25) is 0 Å². The predicted octanol–water partition coefficient (Wildman–Crippen LogP) is 5.18. The average Bonchev–Trinajstić information content (AvgIpc) is 2.25. The average molecular weight is 250 g/mol. The van der Waals surface area contributed by atoms with E-state index in [4.69, 9.17) is 0 Å². The van der Waals surface area contributed by atoms with Crippen molar-refractivity contribution in [1.82, 2.24) is 0 Å². The zero-order chi connectivity index (χ0) is 14.1. The first-order valence-electron chi connectivity index (χ1n) is 7.20. The van der Waals surface area contributed by atoms with Crippen LogP contribution in [0.4, 0.5) is 0 Å². The van der Waals surface area contributed by atoms with Gasteiger partial charge in [-0.1, -0.05) is 51.5 Å². The van der Waals surface area contributed by atoms with Crippen LogP contribution in [-0.4, -0.2) is 5.78 Å². The predicted molar refractivity (Wildman–Crippen MR) is 80.6 cm³/mol. The van der Waals surface area contributed by atoms with E-state index in [2.05, 4.69) is 26.8 Å². The maximum atomic E-state index is 12.0. The molecule has 104 valence electrons. The third kappa shape index (κ3) is 8.27. The van der Waals surface area contributed by atoms with Crippen molar-refractivity contribution in [1.29, 1.82) is 0 Å². The number of carbonyl (C=O) groups excluding carboxylic acids is 1. The van der Waals surface area contributed by atoms with Gasteiger partial charge in [0.05, 0.1) is 0 Å². The molecule has 0 heterocycles. The van der Waals surface area contributed by atoms with Crippen LogP contribution in [0.1, 0.15) is 60.8 Å². The van der Waals surface area contributed by atoms with E-state index in [1.807, 2.05) is 32.9 Å². The van der Waals surface area contributed by atoms with Crippen LogP contribution in [0.3, 0.4) is 0 Å². The summed E-state index contributed by atoms with van der Waals surface area (Å²) >= 11 is 0. The van der Waals surface area contributed by atoms with Crippen molar-refractivity contribution in [3.8, 4) is 0 Å². The number of Topliss-reactive ketones (excluding diaryl/α,β-unsaturated/α-hetero) is 1. The summed E-state index contributed by atoms with van der Waals surface area (Å²) in [5.41, 5.74) is 1.17. The highest BCUT2D eigenvalue weighted by Crippen LogP contribution is 2.18. The summed E-state index contributed by atoms with van der Waals surface area (Å²) in [6.07, 6.45) is 9.08. The summed E-state index contributed by atoms with van der Waals surface area (Å²) in [5, 5.41) is 0. The molecule has 0 unspecified atom stereocenters. The van der Waals surface area contributed by atoms with Crippen LogP contribution in [0, 0.1) is 17.8 Å². The lowest BCUT2D eigenvalue weighted by molar-refractivity contribution is -0.121. The number of allylic oxidation sites excluding steroid dienone is 4. The summed E-state index contributed by atoms with van der Waals surface area (Å²) in [7, 11) is 0. The smallest absolute Gasteiger partial charge is 0.139 e. The Bertz CT molecular complexity index is 297. The Morgan fingerprint density at radius 2 is 1.78 bits per heavy atom. The largest absolute Gasteiger partial charge is 0.299 e. The van der Waals surface area contributed by atoms with Gasteiger partial charge in [-0.3, -0.25) is 4.79 Å². The highest BCUT2D eigenvalue weighted by molar-refractivity contribution is 5.82. The molecule has 0 aromatic carbocycles. The first kappa shape index (κ1) is 17.2. The summed E-state index contributed by atoms with van der Waals surface area (Å²) in [6, 6.07) is 0. The highest BCUT2D eigenvalue weighted by atomic mass is 16.1. The second kappa shape index (κ2) is 9.13. The standard InChI is InChI=1S/C17H30O/c1-7-8-14(4)12-16(6)17(18)10-9-15(5)11-13(2)3/h7-8,12-13,15-16H,9-11H2,1-6H3/b8-7+,14-12+/t15-,16-/m1/s1. The Labute approximate surface area is 113 Å². The van der Waals surface area contributed by atoms with Gasteiger partial charge < -0.3 is 0 Å². The molecule has 0 rings (SSSR count). The molecule has 0 aliphatic heterocycles. The molecule has 0 bridgehead atoms. The Balaban J connectivity index is 4.13. The molecule has 0 saturated carbocycles. The molecule has 0 aliphatic rings. The van der Waals surface area contributed by atoms with Gasteiger partial charge in [0.15, 0.2) is 0 Å². The molecule has 0 amide bonds. The van der Waals surface area contributed by atoms with Gasteiger partial charge in [0, 0.05) is 12.3 Å². The van der Waals surface area contributed by atoms with Crippen molar-refractivity contribution in [3.05, 3.63) is 23.8 Å². The van der Waals surface area contributed by atoms with E-state index in [0.717, 1.165) is 12.3 Å². The van der Waals surface area contributed by atoms with Gasteiger partial charge in [-0.05, 0) is 38.5 Å². The molecule has 0 N–H and O–H groups in total. The van der Waals surface area contributed by atoms with E-state index < -0.39 is 0 Å². The molecule has 0 saturated heterocycles. The monoisotopic (exact) mass is 250 g/mol. The van der Waals surface area contributed by atoms with Gasteiger partial charge in [0.1, 0.15) is 5.78 Å². The van der Waals surface area contributed by atoms with Crippen LogP contribution in [0.15, 0.2) is 23.8 Å². The molecule has 0 aliphatic carbocycles. The van der Waals surface area contributed by atoms with Crippen LogP contribution in [0.25, 0.3) is 0 Å². The number of ketones is 1. The molecule has 0 fully saturated rings. The fourth-order valence-electron chi connectivity index (χ4n) is 2.34. The van der Waals surface area contributed by atoms with E-state index in [1.165, 1.54) is 12.0 Å². The zero-order valence-corrected chi connectivity index (χ0v) is 13.0. The van der Waals surface area contributed by atoms with Crippen LogP contribution in [-0.2, 0) is 4.79 Å². The lowest BCUT2D eigenvalue weighted by Gasteiger charge is -2.14. The van der Waals surface area contributed by atoms with Gasteiger partial charge in [-0.25, -0.2) is 0 Å². The van der Waals surface area contributed by atoms with Crippen LogP contribution < -0.4 is 0 Å². The van der Waals surface area contributed by atoms with Gasteiger partial charge >= 0.3 is 0 Å². The van der Waals surface area contributed by atoms with Crippen molar-refractivity contribution in [2.75, 3.05) is 0 Å². The Kier molecular flexibility index (Phi) is 8.70. The van der Waals surface area contributed by atoms with Crippen molar-refractivity contribution in [2.24, 2.45) is 17.8 Å². The maximum Gasteiger partial charge on any atom is 0.139 e. The second-order valence-electron chi connectivity index (χ2n) is 5.94. The lowest BCUT2D eigenvalue weighted by atomic mass is 9.91. The molecule has 18 heavy (non-hydrogen) atoms. The highest BCUT2D eigenvalue weighted by Gasteiger charge is 2.13. The van der Waals surface area contributed by atoms with E-state index in [1.54, 1.807) is 0 Å². The maximum absolute atomic E-state index is 12.0.